The molecule has 8 nitrogen and oxygen atoms in total. The highest BCUT2D eigenvalue weighted by Crippen LogP contribution is 2.24. The first-order valence-electron chi connectivity index (χ1n) is 26.1. The fraction of sp³-hybridized carbons (Fsp3) is 0.942. The molecule has 0 aromatic heterocycles. The van der Waals surface area contributed by atoms with Crippen LogP contribution in [0, 0.1) is 17.8 Å². The van der Waals surface area contributed by atoms with Crippen molar-refractivity contribution < 1.29 is 33.3 Å². The quantitative estimate of drug-likeness (QED) is 0.0340. The molecule has 0 N–H and O–H groups in total. The summed E-state index contributed by atoms with van der Waals surface area (Å²) in [6.45, 7) is 12.7. The van der Waals surface area contributed by atoms with E-state index in [0.717, 1.165) is 116 Å². The van der Waals surface area contributed by atoms with Crippen molar-refractivity contribution in [2.45, 2.75) is 252 Å². The molecule has 1 fully saturated rings. The van der Waals surface area contributed by atoms with Gasteiger partial charge in [-0.25, -0.2) is 4.79 Å². The van der Waals surface area contributed by atoms with Crippen LogP contribution in [0.4, 0.5) is 0 Å². The number of hydrogen-bond acceptors (Lipinski definition) is 8. The number of carbonyl (C=O) groups excluding carboxylic acids is 3. The molecule has 1 aliphatic rings. The van der Waals surface area contributed by atoms with Crippen LogP contribution in [0.3, 0.4) is 0 Å². The van der Waals surface area contributed by atoms with Gasteiger partial charge in [-0.2, -0.15) is 0 Å². The third kappa shape index (κ3) is 34.9. The lowest BCUT2D eigenvalue weighted by Crippen LogP contribution is -2.35. The molecule has 0 saturated carbocycles. The van der Waals surface area contributed by atoms with Gasteiger partial charge in [0.15, 0.2) is 0 Å². The molecule has 1 aliphatic heterocycles. The van der Waals surface area contributed by atoms with E-state index < -0.39 is 0 Å². The lowest BCUT2D eigenvalue weighted by Gasteiger charge is -2.28. The Balaban J connectivity index is 2.34. The molecular formula is C52H99NO7. The maximum Gasteiger partial charge on any atom is 0.332 e. The maximum atomic E-state index is 12.6. The Labute approximate surface area is 371 Å². The van der Waals surface area contributed by atoms with Gasteiger partial charge in [-0.15, -0.1) is 0 Å². The van der Waals surface area contributed by atoms with Crippen LogP contribution in [0.5, 0.6) is 0 Å². The van der Waals surface area contributed by atoms with Crippen molar-refractivity contribution in [2.75, 3.05) is 46.6 Å². The minimum absolute atomic E-state index is 0.0350. The van der Waals surface area contributed by atoms with E-state index in [2.05, 4.69) is 39.6 Å². The van der Waals surface area contributed by atoms with Gasteiger partial charge in [0.25, 0.3) is 0 Å². The molecule has 1 saturated heterocycles. The van der Waals surface area contributed by atoms with Crippen LogP contribution in [0.1, 0.15) is 246 Å². The number of ether oxygens (including phenoxy) is 4. The topological polar surface area (TPSA) is 91.4 Å². The Kier molecular flexibility index (Phi) is 38.8. The van der Waals surface area contributed by atoms with Gasteiger partial charge >= 0.3 is 17.9 Å². The molecule has 354 valence electrons. The summed E-state index contributed by atoms with van der Waals surface area (Å²) in [5.74, 6) is 1.42. The smallest absolute Gasteiger partial charge is 0.332 e. The second kappa shape index (κ2) is 41.3. The van der Waals surface area contributed by atoms with E-state index in [1.165, 1.54) is 103 Å². The molecule has 0 amide bonds. The van der Waals surface area contributed by atoms with Gasteiger partial charge in [-0.1, -0.05) is 182 Å². The molecule has 0 radical (unpaired) electrons. The van der Waals surface area contributed by atoms with Crippen molar-refractivity contribution >= 4 is 17.9 Å². The Morgan fingerprint density at radius 3 is 1.23 bits per heavy atom. The SMILES string of the molecule is CCCCCC(CCCCC)CCOC(=O)CCCCCCCC(CCCCCCCC(=O)OCCC(CCCCC)CCCCC)COC(=O)COC1CCN(C)CC1. The van der Waals surface area contributed by atoms with E-state index in [-0.39, 0.29) is 30.6 Å². The largest absolute Gasteiger partial charge is 0.466 e. The highest BCUT2D eigenvalue weighted by atomic mass is 16.6. The third-order valence-corrected chi connectivity index (χ3v) is 13.0. The van der Waals surface area contributed by atoms with E-state index in [4.69, 9.17) is 18.9 Å². The lowest BCUT2D eigenvalue weighted by molar-refractivity contribution is -0.153. The summed E-state index contributed by atoms with van der Waals surface area (Å²) in [4.78, 5) is 39.8. The lowest BCUT2D eigenvalue weighted by atomic mass is 9.92. The Bertz CT molecular complexity index is 907. The Morgan fingerprint density at radius 1 is 0.450 bits per heavy atom. The number of esters is 3. The maximum absolute atomic E-state index is 12.6. The number of likely N-dealkylation sites (tertiary alicyclic amines) is 1. The van der Waals surface area contributed by atoms with Crippen LogP contribution >= 0.6 is 0 Å². The second-order valence-corrected chi connectivity index (χ2v) is 18.7. The van der Waals surface area contributed by atoms with E-state index in [1.807, 2.05) is 0 Å². The fourth-order valence-electron chi connectivity index (χ4n) is 8.79. The second-order valence-electron chi connectivity index (χ2n) is 18.7. The summed E-state index contributed by atoms with van der Waals surface area (Å²) in [5, 5.41) is 0. The number of carbonyl (C=O) groups is 3. The van der Waals surface area contributed by atoms with Crippen molar-refractivity contribution in [1.29, 1.82) is 0 Å². The summed E-state index contributed by atoms with van der Waals surface area (Å²) in [5.41, 5.74) is 0. The van der Waals surface area contributed by atoms with Gasteiger partial charge in [-0.3, -0.25) is 9.59 Å². The van der Waals surface area contributed by atoms with Gasteiger partial charge < -0.3 is 23.8 Å². The summed E-state index contributed by atoms with van der Waals surface area (Å²) >= 11 is 0. The van der Waals surface area contributed by atoms with Crippen molar-refractivity contribution in [3.63, 3.8) is 0 Å². The van der Waals surface area contributed by atoms with Crippen LogP contribution in [0.25, 0.3) is 0 Å². The van der Waals surface area contributed by atoms with Gasteiger partial charge in [0.1, 0.15) is 6.61 Å². The first kappa shape index (κ1) is 56.3. The number of unbranched alkanes of at least 4 members (excludes halogenated alkanes) is 16. The van der Waals surface area contributed by atoms with E-state index in [9.17, 15) is 14.4 Å². The molecule has 60 heavy (non-hydrogen) atoms. The average molecular weight is 850 g/mol. The van der Waals surface area contributed by atoms with E-state index in [0.29, 0.717) is 50.4 Å². The Morgan fingerprint density at radius 2 is 0.817 bits per heavy atom. The molecular weight excluding hydrogens is 751 g/mol. The summed E-state index contributed by atoms with van der Waals surface area (Å²) in [6.07, 6.45) is 38.3. The van der Waals surface area contributed by atoms with Crippen LogP contribution in [0.15, 0.2) is 0 Å². The molecule has 0 aromatic carbocycles. The molecule has 0 unspecified atom stereocenters. The van der Waals surface area contributed by atoms with Crippen molar-refractivity contribution in [3.8, 4) is 0 Å². The van der Waals surface area contributed by atoms with Crippen LogP contribution in [0.2, 0.25) is 0 Å². The fourth-order valence-corrected chi connectivity index (χ4v) is 8.79. The monoisotopic (exact) mass is 850 g/mol. The number of nitrogens with zero attached hydrogens (tertiary/aromatic N) is 1. The summed E-state index contributed by atoms with van der Waals surface area (Å²) in [7, 11) is 2.13. The Hall–Kier alpha value is -1.67. The molecule has 0 aromatic rings. The third-order valence-electron chi connectivity index (χ3n) is 13.0. The predicted octanol–water partition coefficient (Wildman–Crippen LogP) is 14.1. The number of piperidine rings is 1. The zero-order valence-electron chi connectivity index (χ0n) is 40.4. The minimum Gasteiger partial charge on any atom is -0.466 e. The van der Waals surface area contributed by atoms with E-state index in [1.54, 1.807) is 0 Å². The molecule has 0 bridgehead atoms. The standard InChI is InChI=1S/C52H99NO7/c1-6-10-20-28-46(29-21-11-7-2)38-42-57-50(54)34-26-18-14-16-24-32-48(44-60-52(56)45-59-49-36-40-53(5)41-37-49)33-25-17-15-19-27-35-51(55)58-43-39-47(30-22-12-8-3)31-23-13-9-4/h46-49H,6-45H2,1-5H3. The van der Waals surface area contributed by atoms with Crippen LogP contribution < -0.4 is 0 Å². The summed E-state index contributed by atoms with van der Waals surface area (Å²) in [6, 6.07) is 0. The molecule has 1 heterocycles. The normalized spacial score (nSPS) is 13.8. The van der Waals surface area contributed by atoms with Gasteiger partial charge in [-0.05, 0) is 76.2 Å². The van der Waals surface area contributed by atoms with Crippen molar-refractivity contribution in [1.82, 2.24) is 4.90 Å². The summed E-state index contributed by atoms with van der Waals surface area (Å²) < 4.78 is 23.0. The van der Waals surface area contributed by atoms with Gasteiger partial charge in [0.2, 0.25) is 0 Å². The zero-order valence-corrected chi connectivity index (χ0v) is 40.4. The van der Waals surface area contributed by atoms with Gasteiger partial charge in [0.05, 0.1) is 25.9 Å². The van der Waals surface area contributed by atoms with E-state index >= 15 is 0 Å². The predicted molar refractivity (Wildman–Crippen MR) is 250 cm³/mol. The average Bonchev–Trinajstić information content (AvgIpc) is 3.24. The number of rotatable bonds is 43. The molecule has 0 aliphatic carbocycles. The highest BCUT2D eigenvalue weighted by molar-refractivity contribution is 5.70. The molecule has 8 heteroatoms. The van der Waals surface area contributed by atoms with Crippen LogP contribution in [-0.2, 0) is 33.3 Å². The van der Waals surface area contributed by atoms with Crippen LogP contribution in [-0.4, -0.2) is 75.5 Å². The van der Waals surface area contributed by atoms with Crippen molar-refractivity contribution in [2.24, 2.45) is 17.8 Å². The molecule has 1 rings (SSSR count). The highest BCUT2D eigenvalue weighted by Gasteiger charge is 2.20. The minimum atomic E-state index is -0.246. The zero-order chi connectivity index (χ0) is 43.7. The number of hydrogen-bond donors (Lipinski definition) is 0. The molecule has 0 spiro atoms. The molecule has 0 atom stereocenters. The van der Waals surface area contributed by atoms with Crippen molar-refractivity contribution in [3.05, 3.63) is 0 Å². The first-order valence-corrected chi connectivity index (χ1v) is 26.1. The first-order chi connectivity index (χ1) is 29.3. The van der Waals surface area contributed by atoms with Gasteiger partial charge in [0, 0.05) is 25.9 Å².